The van der Waals surface area contributed by atoms with E-state index in [2.05, 4.69) is 15.3 Å². The summed E-state index contributed by atoms with van der Waals surface area (Å²) in [5.41, 5.74) is -0.502. The number of alkyl halides is 3. The van der Waals surface area contributed by atoms with Crippen molar-refractivity contribution in [3.63, 3.8) is 0 Å². The van der Waals surface area contributed by atoms with Gasteiger partial charge in [-0.2, -0.15) is 13.2 Å². The average Bonchev–Trinajstić information content (AvgIpc) is 2.61. The van der Waals surface area contributed by atoms with Crippen LogP contribution < -0.4 is 5.32 Å². The molecule has 0 unspecified atom stereocenters. The molecule has 0 radical (unpaired) electrons. The fourth-order valence-corrected chi connectivity index (χ4v) is 3.30. The van der Waals surface area contributed by atoms with Crippen molar-refractivity contribution in [2.24, 2.45) is 0 Å². The van der Waals surface area contributed by atoms with Gasteiger partial charge in [-0.05, 0) is 36.4 Å². The molecule has 28 heavy (non-hydrogen) atoms. The summed E-state index contributed by atoms with van der Waals surface area (Å²) in [7, 11) is 0. The molecule has 146 valence electrons. The molecule has 1 aliphatic rings. The number of hydrogen-bond donors (Lipinski definition) is 1. The van der Waals surface area contributed by atoms with Gasteiger partial charge in [-0.3, -0.25) is 4.98 Å². The minimum atomic E-state index is -4.58. The van der Waals surface area contributed by atoms with E-state index in [1.807, 2.05) is 0 Å². The summed E-state index contributed by atoms with van der Waals surface area (Å²) in [5, 5.41) is 3.93. The fraction of sp³-hybridized carbons (Fsp3) is 0.263. The second-order valence-electron chi connectivity index (χ2n) is 6.70. The minimum Gasteiger partial charge on any atom is -0.383 e. The van der Waals surface area contributed by atoms with E-state index < -0.39 is 23.1 Å². The minimum absolute atomic E-state index is 0.181. The largest absolute Gasteiger partial charge is 0.433 e. The quantitative estimate of drug-likeness (QED) is 0.625. The Morgan fingerprint density at radius 1 is 1.14 bits per heavy atom. The highest BCUT2D eigenvalue weighted by atomic mass is 35.5. The zero-order valence-corrected chi connectivity index (χ0v) is 15.1. The maximum atomic E-state index is 13.2. The highest BCUT2D eigenvalue weighted by molar-refractivity contribution is 6.31. The van der Waals surface area contributed by atoms with Crippen LogP contribution in [0.25, 0.3) is 10.9 Å². The predicted molar refractivity (Wildman–Crippen MR) is 96.9 cm³/mol. The second-order valence-corrected chi connectivity index (χ2v) is 7.14. The van der Waals surface area contributed by atoms with E-state index in [1.165, 1.54) is 18.2 Å². The van der Waals surface area contributed by atoms with E-state index in [9.17, 15) is 17.6 Å². The Labute approximate surface area is 162 Å². The first-order chi connectivity index (χ1) is 13.3. The second kappa shape index (κ2) is 6.86. The van der Waals surface area contributed by atoms with E-state index in [4.69, 9.17) is 16.3 Å². The van der Waals surface area contributed by atoms with Crippen LogP contribution in [0.4, 0.5) is 23.2 Å². The number of fused-ring (bicyclic) bond motifs is 1. The highest BCUT2D eigenvalue weighted by Crippen LogP contribution is 2.36. The number of hydrogen-bond acceptors (Lipinski definition) is 4. The lowest BCUT2D eigenvalue weighted by Crippen LogP contribution is -2.52. The summed E-state index contributed by atoms with van der Waals surface area (Å²) in [6, 6.07) is 8.32. The molecule has 4 nitrogen and oxygen atoms in total. The number of halogens is 5. The Hall–Kier alpha value is -2.45. The third kappa shape index (κ3) is 3.49. The first-order valence-corrected chi connectivity index (χ1v) is 8.76. The van der Waals surface area contributed by atoms with Gasteiger partial charge in [-0.1, -0.05) is 11.6 Å². The zero-order chi connectivity index (χ0) is 19.9. The Morgan fingerprint density at radius 2 is 1.93 bits per heavy atom. The van der Waals surface area contributed by atoms with Crippen molar-refractivity contribution in [1.29, 1.82) is 0 Å². The predicted octanol–water partition coefficient (Wildman–Crippen LogP) is 4.82. The maximum absolute atomic E-state index is 13.2. The number of nitrogens with one attached hydrogen (secondary N) is 1. The lowest BCUT2D eigenvalue weighted by atomic mass is 9.81. The molecular weight excluding hydrogens is 398 g/mol. The van der Waals surface area contributed by atoms with Crippen molar-refractivity contribution >= 4 is 28.2 Å². The summed E-state index contributed by atoms with van der Waals surface area (Å²) in [6.07, 6.45) is -3.47. The zero-order valence-electron chi connectivity index (χ0n) is 14.4. The summed E-state index contributed by atoms with van der Waals surface area (Å²) in [5.74, 6) is -0.461. The van der Waals surface area contributed by atoms with Crippen LogP contribution in [-0.2, 0) is 16.3 Å². The number of pyridine rings is 2. The lowest BCUT2D eigenvalue weighted by Gasteiger charge is -2.41. The molecule has 0 bridgehead atoms. The number of nitrogens with zero attached hydrogens (tertiary/aromatic N) is 2. The van der Waals surface area contributed by atoms with Crippen LogP contribution in [0.5, 0.6) is 0 Å². The standard InChI is InChI=1S/C19H14ClF4N3O/c20-11-1-3-14-13(5-11)15(6-17(27-14)19(22,23)24)26-8-18(9-28-10-18)16-4-2-12(21)7-25-16/h1-7H,8-10H2,(H,26,27). The van der Waals surface area contributed by atoms with Crippen molar-refractivity contribution < 1.29 is 22.3 Å². The maximum Gasteiger partial charge on any atom is 0.433 e. The molecule has 1 fully saturated rings. The first kappa shape index (κ1) is 18.9. The smallest absolute Gasteiger partial charge is 0.383 e. The Balaban J connectivity index is 1.70. The van der Waals surface area contributed by atoms with Gasteiger partial charge in [0.25, 0.3) is 0 Å². The van der Waals surface area contributed by atoms with Crippen LogP contribution in [0.2, 0.25) is 5.02 Å². The number of rotatable bonds is 4. The molecule has 1 aliphatic heterocycles. The van der Waals surface area contributed by atoms with Crippen molar-refractivity contribution in [2.45, 2.75) is 11.6 Å². The third-order valence-corrected chi connectivity index (χ3v) is 4.94. The average molecular weight is 412 g/mol. The number of aromatic nitrogens is 2. The normalized spacial score (nSPS) is 16.0. The van der Waals surface area contributed by atoms with Gasteiger partial charge in [-0.15, -0.1) is 0 Å². The molecule has 4 rings (SSSR count). The molecule has 0 aliphatic carbocycles. The molecule has 0 saturated carbocycles. The molecule has 3 aromatic rings. The van der Waals surface area contributed by atoms with Crippen LogP contribution in [0.15, 0.2) is 42.6 Å². The first-order valence-electron chi connectivity index (χ1n) is 8.38. The van der Waals surface area contributed by atoms with Crippen LogP contribution in [0.1, 0.15) is 11.4 Å². The van der Waals surface area contributed by atoms with E-state index in [1.54, 1.807) is 12.1 Å². The third-order valence-electron chi connectivity index (χ3n) is 4.71. The Kier molecular flexibility index (Phi) is 4.63. The van der Waals surface area contributed by atoms with E-state index >= 15 is 0 Å². The molecule has 9 heteroatoms. The van der Waals surface area contributed by atoms with Gasteiger partial charge in [0.1, 0.15) is 11.5 Å². The summed E-state index contributed by atoms with van der Waals surface area (Å²) in [4.78, 5) is 7.80. The van der Waals surface area contributed by atoms with Crippen LogP contribution in [0, 0.1) is 5.82 Å². The monoisotopic (exact) mass is 411 g/mol. The van der Waals surface area contributed by atoms with E-state index in [-0.39, 0.29) is 17.7 Å². The van der Waals surface area contributed by atoms with E-state index in [0.717, 1.165) is 12.3 Å². The van der Waals surface area contributed by atoms with Crippen molar-refractivity contribution in [2.75, 3.05) is 25.1 Å². The molecule has 3 heterocycles. The van der Waals surface area contributed by atoms with Crippen molar-refractivity contribution in [1.82, 2.24) is 9.97 Å². The molecule has 0 amide bonds. The van der Waals surface area contributed by atoms with Crippen molar-refractivity contribution in [3.05, 3.63) is 64.8 Å². The fourth-order valence-electron chi connectivity index (χ4n) is 3.13. The molecule has 1 aromatic carbocycles. The Bertz CT molecular complexity index is 1020. The summed E-state index contributed by atoms with van der Waals surface area (Å²) >= 11 is 6.02. The summed E-state index contributed by atoms with van der Waals surface area (Å²) < 4.78 is 58.2. The van der Waals surface area contributed by atoms with Gasteiger partial charge in [-0.25, -0.2) is 9.37 Å². The Morgan fingerprint density at radius 3 is 2.54 bits per heavy atom. The van der Waals surface area contributed by atoms with Gasteiger partial charge >= 0.3 is 6.18 Å². The number of anilines is 1. The van der Waals surface area contributed by atoms with Gasteiger partial charge in [0, 0.05) is 22.6 Å². The van der Waals surface area contributed by atoms with Gasteiger partial charge in [0.2, 0.25) is 0 Å². The number of ether oxygens (including phenoxy) is 1. The molecule has 2 aromatic heterocycles. The van der Waals surface area contributed by atoms with E-state index in [0.29, 0.717) is 29.3 Å². The van der Waals surface area contributed by atoms with Crippen molar-refractivity contribution in [3.8, 4) is 0 Å². The van der Waals surface area contributed by atoms with Gasteiger partial charge in [0.05, 0.1) is 36.0 Å². The molecule has 1 saturated heterocycles. The summed E-state index contributed by atoms with van der Waals surface area (Å²) in [6.45, 7) is 0.914. The van der Waals surface area contributed by atoms with Crippen LogP contribution >= 0.6 is 11.6 Å². The molecular formula is C19H14ClF4N3O. The van der Waals surface area contributed by atoms with Crippen LogP contribution in [-0.4, -0.2) is 29.7 Å². The molecule has 1 N–H and O–H groups in total. The highest BCUT2D eigenvalue weighted by Gasteiger charge is 2.42. The number of benzene rings is 1. The molecule has 0 atom stereocenters. The topological polar surface area (TPSA) is 47.0 Å². The van der Waals surface area contributed by atoms with Crippen LogP contribution in [0.3, 0.4) is 0 Å². The molecule has 0 spiro atoms. The lowest BCUT2D eigenvalue weighted by molar-refractivity contribution is -0.140. The SMILES string of the molecule is Fc1ccc(C2(CNc3cc(C(F)(F)F)nc4ccc(Cl)cc34)COC2)nc1. The van der Waals surface area contributed by atoms with Gasteiger partial charge in [0.15, 0.2) is 0 Å². The van der Waals surface area contributed by atoms with Gasteiger partial charge < -0.3 is 10.1 Å².